The maximum Gasteiger partial charge on any atom is 0.384 e. The van der Waals surface area contributed by atoms with Crippen molar-refractivity contribution in [2.24, 2.45) is 0 Å². The minimum absolute atomic E-state index is 0.340. The van der Waals surface area contributed by atoms with Crippen LogP contribution in [-0.2, 0) is 16.0 Å². The van der Waals surface area contributed by atoms with Crippen molar-refractivity contribution in [3.05, 3.63) is 35.9 Å². The van der Waals surface area contributed by atoms with Crippen LogP contribution in [-0.4, -0.2) is 12.6 Å². The van der Waals surface area contributed by atoms with E-state index in [0.29, 0.717) is 13.0 Å². The highest BCUT2D eigenvalue weighted by atomic mass is 16.5. The van der Waals surface area contributed by atoms with E-state index >= 15 is 0 Å². The Kier molecular flexibility index (Phi) is 3.59. The molecule has 2 heteroatoms. The fourth-order valence-electron chi connectivity index (χ4n) is 0.948. The number of rotatable bonds is 3. The highest BCUT2D eigenvalue weighted by Crippen LogP contribution is 1.99. The van der Waals surface area contributed by atoms with Crippen LogP contribution in [0.4, 0.5) is 0 Å². The Balaban J connectivity index is 2.29. The summed E-state index contributed by atoms with van der Waals surface area (Å²) >= 11 is 0. The van der Waals surface area contributed by atoms with Crippen molar-refractivity contribution in [1.29, 1.82) is 0 Å². The van der Waals surface area contributed by atoms with Crippen molar-refractivity contribution >= 4 is 5.97 Å². The number of carbonyl (C=O) groups excluding carboxylic acids is 1. The van der Waals surface area contributed by atoms with Crippen molar-refractivity contribution < 1.29 is 9.53 Å². The lowest BCUT2D eigenvalue weighted by Crippen LogP contribution is -2.04. The molecule has 66 valence electrons. The second-order valence-electron chi connectivity index (χ2n) is 2.52. The van der Waals surface area contributed by atoms with Gasteiger partial charge in [0, 0.05) is 12.3 Å². The van der Waals surface area contributed by atoms with Crippen LogP contribution in [0, 0.1) is 12.3 Å². The molecule has 0 saturated heterocycles. The second-order valence-corrected chi connectivity index (χ2v) is 2.52. The van der Waals surface area contributed by atoms with Gasteiger partial charge in [0.2, 0.25) is 0 Å². The van der Waals surface area contributed by atoms with Crippen molar-refractivity contribution in [3.8, 4) is 12.3 Å². The predicted molar refractivity (Wildman–Crippen MR) is 49.9 cm³/mol. The highest BCUT2D eigenvalue weighted by Gasteiger charge is 1.96. The van der Waals surface area contributed by atoms with Gasteiger partial charge < -0.3 is 4.74 Å². The lowest BCUT2D eigenvalue weighted by molar-refractivity contribution is -0.136. The molecule has 1 aromatic carbocycles. The maximum atomic E-state index is 10.5. The molecule has 0 atom stereocenters. The number of benzene rings is 1. The van der Waals surface area contributed by atoms with Gasteiger partial charge in [-0.05, 0) is 5.56 Å². The van der Waals surface area contributed by atoms with Crippen molar-refractivity contribution in [1.82, 2.24) is 0 Å². The Morgan fingerprint density at radius 3 is 2.69 bits per heavy atom. The monoisotopic (exact) mass is 174 g/mol. The summed E-state index contributed by atoms with van der Waals surface area (Å²) in [5, 5.41) is 0. The molecule has 0 aliphatic rings. The Hall–Kier alpha value is -1.75. The van der Waals surface area contributed by atoms with Crippen LogP contribution < -0.4 is 0 Å². The van der Waals surface area contributed by atoms with Gasteiger partial charge in [-0.3, -0.25) is 0 Å². The fourth-order valence-corrected chi connectivity index (χ4v) is 0.948. The van der Waals surface area contributed by atoms with E-state index in [-0.39, 0.29) is 0 Å². The third kappa shape index (κ3) is 3.44. The number of terminal acetylenes is 1. The van der Waals surface area contributed by atoms with Crippen molar-refractivity contribution in [3.63, 3.8) is 0 Å². The topological polar surface area (TPSA) is 26.3 Å². The van der Waals surface area contributed by atoms with Crippen molar-refractivity contribution in [2.45, 2.75) is 6.42 Å². The van der Waals surface area contributed by atoms with Gasteiger partial charge in [-0.25, -0.2) is 4.79 Å². The Morgan fingerprint density at radius 1 is 1.38 bits per heavy atom. The first-order chi connectivity index (χ1) is 6.33. The molecule has 0 amide bonds. The molecule has 0 radical (unpaired) electrons. The summed E-state index contributed by atoms with van der Waals surface area (Å²) in [5.41, 5.74) is 1.13. The van der Waals surface area contributed by atoms with E-state index in [2.05, 4.69) is 0 Å². The first kappa shape index (κ1) is 9.34. The minimum Gasteiger partial charge on any atom is -0.456 e. The SMILES string of the molecule is C#CC(=O)OCCc1ccccc1. The van der Waals surface area contributed by atoms with Crippen LogP contribution in [0.15, 0.2) is 30.3 Å². The zero-order valence-electron chi connectivity index (χ0n) is 7.19. The third-order valence-electron chi connectivity index (χ3n) is 1.58. The lowest BCUT2D eigenvalue weighted by atomic mass is 10.2. The molecule has 0 saturated carbocycles. The van der Waals surface area contributed by atoms with E-state index in [4.69, 9.17) is 11.2 Å². The van der Waals surface area contributed by atoms with Gasteiger partial charge in [-0.2, -0.15) is 0 Å². The summed E-state index contributed by atoms with van der Waals surface area (Å²) in [5.74, 6) is 1.29. The zero-order valence-corrected chi connectivity index (χ0v) is 7.19. The third-order valence-corrected chi connectivity index (χ3v) is 1.58. The first-order valence-electron chi connectivity index (χ1n) is 4.00. The molecule has 0 bridgehead atoms. The summed E-state index contributed by atoms with van der Waals surface area (Å²) in [6.45, 7) is 0.340. The molecule has 1 aromatic rings. The number of carbonyl (C=O) groups is 1. The zero-order chi connectivity index (χ0) is 9.52. The summed E-state index contributed by atoms with van der Waals surface area (Å²) in [6.07, 6.45) is 5.53. The number of hydrogen-bond donors (Lipinski definition) is 0. The van der Waals surface area contributed by atoms with Crippen LogP contribution in [0.3, 0.4) is 0 Å². The van der Waals surface area contributed by atoms with Crippen LogP contribution in [0.25, 0.3) is 0 Å². The van der Waals surface area contributed by atoms with Gasteiger partial charge in [-0.1, -0.05) is 30.3 Å². The average Bonchev–Trinajstić information content (AvgIpc) is 2.19. The normalized spacial score (nSPS) is 8.85. The molecule has 13 heavy (non-hydrogen) atoms. The number of esters is 1. The molecule has 0 aromatic heterocycles. The van der Waals surface area contributed by atoms with E-state index < -0.39 is 5.97 Å². The summed E-state index contributed by atoms with van der Waals surface area (Å²) in [6, 6.07) is 9.78. The quantitative estimate of drug-likeness (QED) is 0.393. The second kappa shape index (κ2) is 5.00. The smallest absolute Gasteiger partial charge is 0.384 e. The standard InChI is InChI=1S/C11H10O2/c1-2-11(12)13-9-8-10-6-4-3-5-7-10/h1,3-7H,8-9H2. The van der Waals surface area contributed by atoms with Crippen LogP contribution in [0.2, 0.25) is 0 Å². The minimum atomic E-state index is -0.601. The van der Waals surface area contributed by atoms with Crippen LogP contribution in [0.5, 0.6) is 0 Å². The number of hydrogen-bond acceptors (Lipinski definition) is 2. The van der Waals surface area contributed by atoms with E-state index in [9.17, 15) is 4.79 Å². The maximum absolute atomic E-state index is 10.5. The Morgan fingerprint density at radius 2 is 2.08 bits per heavy atom. The molecular formula is C11H10O2. The van der Waals surface area contributed by atoms with Gasteiger partial charge in [0.15, 0.2) is 0 Å². The molecule has 1 rings (SSSR count). The molecule has 2 nitrogen and oxygen atoms in total. The van der Waals surface area contributed by atoms with Crippen molar-refractivity contribution in [2.75, 3.05) is 6.61 Å². The van der Waals surface area contributed by atoms with Gasteiger partial charge in [0.25, 0.3) is 0 Å². The Labute approximate surface area is 77.5 Å². The highest BCUT2D eigenvalue weighted by molar-refractivity contribution is 5.87. The van der Waals surface area contributed by atoms with Gasteiger partial charge >= 0.3 is 5.97 Å². The van der Waals surface area contributed by atoms with E-state index in [1.807, 2.05) is 36.3 Å². The van der Waals surface area contributed by atoms with E-state index in [0.717, 1.165) is 5.56 Å². The molecule has 0 spiro atoms. The van der Waals surface area contributed by atoms with Gasteiger partial charge in [-0.15, -0.1) is 6.42 Å². The average molecular weight is 174 g/mol. The molecule has 0 fully saturated rings. The van der Waals surface area contributed by atoms with Crippen LogP contribution in [0.1, 0.15) is 5.56 Å². The fraction of sp³-hybridized carbons (Fsp3) is 0.182. The summed E-state index contributed by atoms with van der Waals surface area (Å²) in [4.78, 5) is 10.5. The molecule has 0 unspecified atom stereocenters. The molecule has 0 aliphatic carbocycles. The Bertz CT molecular complexity index is 309. The molecule has 0 aliphatic heterocycles. The predicted octanol–water partition coefficient (Wildman–Crippen LogP) is 1.41. The number of ether oxygens (including phenoxy) is 1. The van der Waals surface area contributed by atoms with Gasteiger partial charge in [0.05, 0.1) is 6.61 Å². The lowest BCUT2D eigenvalue weighted by Gasteiger charge is -2.00. The van der Waals surface area contributed by atoms with E-state index in [1.165, 1.54) is 0 Å². The first-order valence-corrected chi connectivity index (χ1v) is 4.00. The largest absolute Gasteiger partial charge is 0.456 e. The molecule has 0 heterocycles. The summed E-state index contributed by atoms with van der Waals surface area (Å²) in [7, 11) is 0. The molecule has 0 N–H and O–H groups in total. The summed E-state index contributed by atoms with van der Waals surface area (Å²) < 4.78 is 4.72. The van der Waals surface area contributed by atoms with Crippen LogP contribution >= 0.6 is 0 Å². The van der Waals surface area contributed by atoms with Gasteiger partial charge in [0.1, 0.15) is 0 Å². The molecular weight excluding hydrogens is 164 g/mol. The van der Waals surface area contributed by atoms with E-state index in [1.54, 1.807) is 0 Å².